The molecule has 4 aromatic rings. The van der Waals surface area contributed by atoms with Crippen LogP contribution in [0, 0.1) is 5.92 Å². The summed E-state index contributed by atoms with van der Waals surface area (Å²) in [6.07, 6.45) is -0.928. The van der Waals surface area contributed by atoms with Gasteiger partial charge in [-0.2, -0.15) is 0 Å². The number of nitrogens with one attached hydrogen (secondary N) is 1. The Balaban J connectivity index is 1.33. The van der Waals surface area contributed by atoms with Gasteiger partial charge in [-0.3, -0.25) is 4.90 Å². The van der Waals surface area contributed by atoms with Crippen molar-refractivity contribution < 1.29 is 23.0 Å². The van der Waals surface area contributed by atoms with Crippen molar-refractivity contribution in [1.29, 1.82) is 0 Å². The second-order valence-corrected chi connectivity index (χ2v) is 13.0. The highest BCUT2D eigenvalue weighted by Gasteiger charge is 2.39. The van der Waals surface area contributed by atoms with Crippen molar-refractivity contribution in [2.75, 3.05) is 13.6 Å². The van der Waals surface area contributed by atoms with Gasteiger partial charge < -0.3 is 14.6 Å². The molecule has 1 aliphatic rings. The van der Waals surface area contributed by atoms with E-state index >= 15 is 0 Å². The van der Waals surface area contributed by atoms with Crippen LogP contribution >= 0.6 is 0 Å². The van der Waals surface area contributed by atoms with Gasteiger partial charge in [-0.05, 0) is 48.4 Å². The van der Waals surface area contributed by atoms with Crippen molar-refractivity contribution in [3.63, 3.8) is 0 Å². The largest absolute Gasteiger partial charge is 0.392 e. The Morgan fingerprint density at radius 1 is 0.814 bits per heavy atom. The van der Waals surface area contributed by atoms with Gasteiger partial charge in [0.15, 0.2) is 6.29 Å². The maximum Gasteiger partial charge on any atom is 0.240 e. The normalized spacial score (nSPS) is 21.5. The lowest BCUT2D eigenvalue weighted by atomic mass is 9.89. The van der Waals surface area contributed by atoms with Crippen LogP contribution in [0.25, 0.3) is 0 Å². The first-order chi connectivity index (χ1) is 20.7. The molecule has 1 saturated heterocycles. The third kappa shape index (κ3) is 7.59. The minimum Gasteiger partial charge on any atom is -0.392 e. The molecule has 1 aliphatic heterocycles. The minimum atomic E-state index is -3.60. The second kappa shape index (κ2) is 13.9. The van der Waals surface area contributed by atoms with Crippen LogP contribution in [-0.2, 0) is 32.6 Å². The molecular weight excluding hydrogens is 560 g/mol. The van der Waals surface area contributed by atoms with E-state index in [1.807, 2.05) is 54.6 Å². The van der Waals surface area contributed by atoms with Crippen LogP contribution in [-0.4, -0.2) is 38.1 Å². The number of aliphatic hydroxyl groups excluding tert-OH is 1. The SMILES string of the molecule is C[C@@H]1[C@H](CN(C)[C@@H](C)c2ccccc2)O[C@H](c2ccc(CNS(=O)(=O)c3ccccc3)cc2)O[C@@H]1c1ccc(CO)cc1. The van der Waals surface area contributed by atoms with E-state index in [0.717, 1.165) is 22.3 Å². The summed E-state index contributed by atoms with van der Waals surface area (Å²) >= 11 is 0. The van der Waals surface area contributed by atoms with Gasteiger partial charge >= 0.3 is 0 Å². The van der Waals surface area contributed by atoms with E-state index in [1.54, 1.807) is 30.3 Å². The van der Waals surface area contributed by atoms with E-state index in [1.165, 1.54) is 5.56 Å². The quantitative estimate of drug-likeness (QED) is 0.215. The van der Waals surface area contributed by atoms with Crippen LogP contribution < -0.4 is 4.72 Å². The summed E-state index contributed by atoms with van der Waals surface area (Å²) in [5.74, 6) is 0.0633. The monoisotopic (exact) mass is 600 g/mol. The van der Waals surface area contributed by atoms with Crippen molar-refractivity contribution in [1.82, 2.24) is 9.62 Å². The Morgan fingerprint density at radius 2 is 1.40 bits per heavy atom. The first-order valence-electron chi connectivity index (χ1n) is 14.6. The second-order valence-electron chi connectivity index (χ2n) is 11.2. The molecule has 0 aliphatic carbocycles. The summed E-state index contributed by atoms with van der Waals surface area (Å²) < 4.78 is 41.2. The molecule has 0 radical (unpaired) electrons. The zero-order chi connectivity index (χ0) is 30.4. The summed E-state index contributed by atoms with van der Waals surface area (Å²) in [6, 6.07) is 34.6. The van der Waals surface area contributed by atoms with Crippen LogP contribution in [0.15, 0.2) is 114 Å². The summed E-state index contributed by atoms with van der Waals surface area (Å²) in [5, 5.41) is 9.54. The lowest BCUT2D eigenvalue weighted by Crippen LogP contribution is -2.44. The van der Waals surface area contributed by atoms with E-state index in [4.69, 9.17) is 9.47 Å². The van der Waals surface area contributed by atoms with Gasteiger partial charge in [-0.25, -0.2) is 13.1 Å². The number of rotatable bonds is 11. The molecular formula is C35H40N2O5S. The number of nitrogens with zero attached hydrogens (tertiary/aromatic N) is 1. The van der Waals surface area contributed by atoms with Crippen LogP contribution in [0.1, 0.15) is 60.1 Å². The van der Waals surface area contributed by atoms with Gasteiger partial charge in [0.1, 0.15) is 0 Å². The number of aliphatic hydroxyl groups is 1. The van der Waals surface area contributed by atoms with E-state index in [2.05, 4.69) is 54.8 Å². The molecule has 8 heteroatoms. The van der Waals surface area contributed by atoms with Crippen molar-refractivity contribution in [2.45, 2.75) is 56.4 Å². The number of ether oxygens (including phenoxy) is 2. The van der Waals surface area contributed by atoms with Crippen molar-refractivity contribution >= 4 is 10.0 Å². The topological polar surface area (TPSA) is 88.1 Å². The molecule has 43 heavy (non-hydrogen) atoms. The number of sulfonamides is 1. The molecule has 0 amide bonds. The first kappa shape index (κ1) is 31.1. The molecule has 226 valence electrons. The summed E-state index contributed by atoms with van der Waals surface area (Å²) in [5.41, 5.74) is 4.83. The lowest BCUT2D eigenvalue weighted by molar-refractivity contribution is -0.276. The number of likely N-dealkylation sites (N-methyl/N-ethyl adjacent to an activating group) is 1. The molecule has 1 fully saturated rings. The van der Waals surface area contributed by atoms with Gasteiger partial charge in [0.25, 0.3) is 0 Å². The molecule has 1 heterocycles. The Morgan fingerprint density at radius 3 is 2.02 bits per heavy atom. The zero-order valence-electron chi connectivity index (χ0n) is 24.8. The molecule has 0 saturated carbocycles. The fourth-order valence-corrected chi connectivity index (χ4v) is 6.45. The fourth-order valence-electron chi connectivity index (χ4n) is 5.41. The van der Waals surface area contributed by atoms with Gasteiger partial charge in [-0.15, -0.1) is 0 Å². The molecule has 4 aromatic carbocycles. The van der Waals surface area contributed by atoms with Crippen LogP contribution in [0.3, 0.4) is 0 Å². The lowest BCUT2D eigenvalue weighted by Gasteiger charge is -2.43. The first-order valence-corrected chi connectivity index (χ1v) is 16.1. The maximum absolute atomic E-state index is 12.7. The van der Waals surface area contributed by atoms with E-state index in [-0.39, 0.29) is 42.2 Å². The van der Waals surface area contributed by atoms with E-state index in [0.29, 0.717) is 6.54 Å². The average molecular weight is 601 g/mol. The Hall–Kier alpha value is -3.37. The van der Waals surface area contributed by atoms with Gasteiger partial charge in [0.05, 0.1) is 23.7 Å². The Bertz CT molecular complexity index is 1550. The molecule has 0 aromatic heterocycles. The van der Waals surface area contributed by atoms with Gasteiger partial charge in [0, 0.05) is 30.6 Å². The minimum absolute atomic E-state index is 0.00819. The van der Waals surface area contributed by atoms with E-state index in [9.17, 15) is 13.5 Å². The third-order valence-electron chi connectivity index (χ3n) is 8.31. The van der Waals surface area contributed by atoms with Crippen molar-refractivity contribution in [2.24, 2.45) is 5.92 Å². The molecule has 5 rings (SSSR count). The van der Waals surface area contributed by atoms with E-state index < -0.39 is 16.3 Å². The molecule has 0 unspecified atom stereocenters. The molecule has 0 bridgehead atoms. The number of benzene rings is 4. The van der Waals surface area contributed by atoms with Crippen LogP contribution in [0.5, 0.6) is 0 Å². The highest BCUT2D eigenvalue weighted by molar-refractivity contribution is 7.89. The summed E-state index contributed by atoms with van der Waals surface area (Å²) in [6.45, 7) is 5.24. The highest BCUT2D eigenvalue weighted by atomic mass is 32.2. The maximum atomic E-state index is 12.7. The fraction of sp³-hybridized carbons (Fsp3) is 0.314. The smallest absolute Gasteiger partial charge is 0.240 e. The number of hydrogen-bond donors (Lipinski definition) is 2. The van der Waals surface area contributed by atoms with Crippen molar-refractivity contribution in [3.8, 4) is 0 Å². The average Bonchev–Trinajstić information content (AvgIpc) is 3.05. The molecule has 7 nitrogen and oxygen atoms in total. The highest BCUT2D eigenvalue weighted by Crippen LogP contribution is 2.42. The van der Waals surface area contributed by atoms with Crippen LogP contribution in [0.4, 0.5) is 0 Å². The molecule has 0 spiro atoms. The predicted molar refractivity (Wildman–Crippen MR) is 167 cm³/mol. The standard InChI is InChI=1S/C35H40N2O5S/c1-25-33(23-37(3)26(2)29-10-6-4-7-11-29)41-35(42-34(25)30-18-16-28(24-38)17-19-30)31-20-14-27(15-21-31)22-36-43(39,40)32-12-8-5-9-13-32/h4-21,25-26,33-36,38H,22-24H2,1-3H3/t25-,26+,33+,34+,35+/m1/s1. The Kier molecular flexibility index (Phi) is 10.1. The van der Waals surface area contributed by atoms with Crippen LogP contribution in [0.2, 0.25) is 0 Å². The predicted octanol–water partition coefficient (Wildman–Crippen LogP) is 6.14. The zero-order valence-corrected chi connectivity index (χ0v) is 25.7. The van der Waals surface area contributed by atoms with Gasteiger partial charge in [0.2, 0.25) is 10.0 Å². The summed E-state index contributed by atoms with van der Waals surface area (Å²) in [7, 11) is -1.48. The third-order valence-corrected chi connectivity index (χ3v) is 9.72. The Labute approximate surface area is 255 Å². The molecule has 2 N–H and O–H groups in total. The summed E-state index contributed by atoms with van der Waals surface area (Å²) in [4.78, 5) is 2.55. The van der Waals surface area contributed by atoms with Crippen molar-refractivity contribution in [3.05, 3.63) is 137 Å². The number of hydrogen-bond acceptors (Lipinski definition) is 6. The van der Waals surface area contributed by atoms with Gasteiger partial charge in [-0.1, -0.05) is 104 Å². The molecule has 5 atom stereocenters.